The van der Waals surface area contributed by atoms with Crippen LogP contribution in [0, 0.1) is 30.5 Å². The van der Waals surface area contributed by atoms with Crippen LogP contribution < -0.4 is 0 Å². The Labute approximate surface area is 72.2 Å². The predicted molar refractivity (Wildman–Crippen MR) is 45.4 cm³/mol. The Morgan fingerprint density at radius 1 is 1.33 bits per heavy atom. The molecule has 1 aromatic carbocycles. The van der Waals surface area contributed by atoms with E-state index in [2.05, 4.69) is 26.8 Å². The lowest BCUT2D eigenvalue weighted by Gasteiger charge is -1.82. The zero-order valence-electron chi connectivity index (χ0n) is 7.27. The number of benzene rings is 1. The molecule has 0 aromatic heterocycles. The highest BCUT2D eigenvalue weighted by atomic mass is 19.1. The Morgan fingerprint density at radius 3 is 2.08 bits per heavy atom. The molecule has 0 atom stereocenters. The third-order valence-electron chi connectivity index (χ3n) is 0.737. The topological polar surface area (TPSA) is 0 Å². The number of hydrogen-bond donors (Lipinski definition) is 0. The van der Waals surface area contributed by atoms with E-state index in [0.717, 1.165) is 18.2 Å². The summed E-state index contributed by atoms with van der Waals surface area (Å²) < 4.78 is 23.8. The molecule has 0 N–H and O–H groups in total. The molecular weight excluding hydrogens is 158 g/mol. The molecule has 0 nitrogen and oxygen atoms in total. The average Bonchev–Trinajstić information content (AvgIpc) is 1.94. The number of halogens is 2. The molecule has 0 bridgehead atoms. The fourth-order valence-electron chi connectivity index (χ4n) is 0.387. The minimum atomic E-state index is -0.536. The van der Waals surface area contributed by atoms with E-state index >= 15 is 0 Å². The van der Waals surface area contributed by atoms with Crippen LogP contribution in [0.4, 0.5) is 8.78 Å². The largest absolute Gasteiger partial charge is 0.207 e. The van der Waals surface area contributed by atoms with Crippen LogP contribution >= 0.6 is 0 Å². The summed E-state index contributed by atoms with van der Waals surface area (Å²) in [7, 11) is 0. The Hall–Kier alpha value is -0.920. The van der Waals surface area contributed by atoms with Crippen LogP contribution in [0.5, 0.6) is 0 Å². The highest BCUT2D eigenvalue weighted by Gasteiger charge is 1.87. The fraction of sp³-hybridized carbons (Fsp3) is 0.300. The third-order valence-corrected chi connectivity index (χ3v) is 0.737. The number of hydrogen-bond acceptors (Lipinski definition) is 0. The molecular formula is C10H12F2. The number of rotatable bonds is 0. The van der Waals surface area contributed by atoms with Gasteiger partial charge in [0.1, 0.15) is 11.6 Å². The lowest BCUT2D eigenvalue weighted by Crippen LogP contribution is -1.73. The average molecular weight is 170 g/mol. The van der Waals surface area contributed by atoms with Crippen LogP contribution in [0.2, 0.25) is 0 Å². The summed E-state index contributed by atoms with van der Waals surface area (Å²) in [6.07, 6.45) is 0. The molecule has 0 aliphatic heterocycles. The minimum absolute atomic E-state index is 0.466. The van der Waals surface area contributed by atoms with Crippen molar-refractivity contribution in [1.82, 2.24) is 0 Å². The van der Waals surface area contributed by atoms with E-state index in [4.69, 9.17) is 0 Å². The molecule has 1 aromatic rings. The van der Waals surface area contributed by atoms with Gasteiger partial charge in [0.2, 0.25) is 0 Å². The summed E-state index contributed by atoms with van der Waals surface area (Å²) in [6, 6.07) is 5.08. The van der Waals surface area contributed by atoms with E-state index < -0.39 is 11.6 Å². The molecule has 1 rings (SSSR count). The van der Waals surface area contributed by atoms with Gasteiger partial charge in [-0.1, -0.05) is 20.8 Å². The lowest BCUT2D eigenvalue weighted by atomic mass is 10.3. The second-order valence-corrected chi connectivity index (χ2v) is 2.75. The Morgan fingerprint density at radius 2 is 1.83 bits per heavy atom. The maximum Gasteiger partial charge on any atom is 0.131 e. The van der Waals surface area contributed by atoms with Crippen LogP contribution in [0.1, 0.15) is 13.8 Å². The van der Waals surface area contributed by atoms with Gasteiger partial charge in [-0.3, -0.25) is 0 Å². The van der Waals surface area contributed by atoms with Crippen LogP contribution in [-0.4, -0.2) is 0 Å². The van der Waals surface area contributed by atoms with Gasteiger partial charge in [0.05, 0.1) is 0 Å². The molecule has 0 saturated heterocycles. The molecule has 0 fully saturated rings. The normalized spacial score (nSPS) is 9.17. The first-order valence-electron chi connectivity index (χ1n) is 3.68. The van der Waals surface area contributed by atoms with Crippen LogP contribution in [0.3, 0.4) is 0 Å². The molecule has 0 saturated carbocycles. The first kappa shape index (κ1) is 11.1. The van der Waals surface area contributed by atoms with Gasteiger partial charge in [-0.25, -0.2) is 8.78 Å². The van der Waals surface area contributed by atoms with Crippen LogP contribution in [0.15, 0.2) is 18.2 Å². The monoisotopic (exact) mass is 170 g/mol. The molecule has 0 unspecified atom stereocenters. The molecule has 12 heavy (non-hydrogen) atoms. The van der Waals surface area contributed by atoms with E-state index in [9.17, 15) is 8.78 Å². The third kappa shape index (κ3) is 7.19. The molecule has 0 aliphatic carbocycles. The summed E-state index contributed by atoms with van der Waals surface area (Å²) in [5, 5.41) is 0. The zero-order valence-corrected chi connectivity index (χ0v) is 7.27. The fourth-order valence-corrected chi connectivity index (χ4v) is 0.387. The van der Waals surface area contributed by atoms with Crippen molar-refractivity contribution in [3.8, 4) is 0 Å². The smallest absolute Gasteiger partial charge is 0.131 e. The Balaban J connectivity index is 0.000000261. The predicted octanol–water partition coefficient (Wildman–Crippen LogP) is 3.24. The standard InChI is InChI=1S/C6H3F2.C4H9/c7-5-1-2-6(8)4-3-5;1-4(2)3/h1-3H;4H,1H2,2-3H3. The Kier molecular flexibility index (Phi) is 5.26. The van der Waals surface area contributed by atoms with Gasteiger partial charge in [-0.15, -0.1) is 0 Å². The van der Waals surface area contributed by atoms with Crippen molar-refractivity contribution < 1.29 is 8.78 Å². The van der Waals surface area contributed by atoms with Crippen molar-refractivity contribution in [3.05, 3.63) is 42.8 Å². The Bertz CT molecular complexity index is 178. The van der Waals surface area contributed by atoms with E-state index in [1.165, 1.54) is 0 Å². The van der Waals surface area contributed by atoms with Gasteiger partial charge in [0.15, 0.2) is 0 Å². The molecule has 2 heteroatoms. The lowest BCUT2D eigenvalue weighted by molar-refractivity contribution is 0.598. The van der Waals surface area contributed by atoms with Gasteiger partial charge >= 0.3 is 0 Å². The SMILES string of the molecule is Fc1[c]cc(F)cc1.[CH2]C(C)C. The summed E-state index contributed by atoms with van der Waals surface area (Å²) in [5.74, 6) is -0.419. The first-order valence-corrected chi connectivity index (χ1v) is 3.68. The van der Waals surface area contributed by atoms with Gasteiger partial charge in [-0.05, 0) is 24.1 Å². The molecule has 0 aliphatic rings. The molecule has 0 spiro atoms. The highest BCUT2D eigenvalue weighted by Crippen LogP contribution is 1.97. The summed E-state index contributed by atoms with van der Waals surface area (Å²) in [4.78, 5) is 0. The highest BCUT2D eigenvalue weighted by molar-refractivity contribution is 5.03. The van der Waals surface area contributed by atoms with Gasteiger partial charge in [0.25, 0.3) is 0 Å². The van der Waals surface area contributed by atoms with Crippen molar-refractivity contribution in [2.45, 2.75) is 13.8 Å². The maximum absolute atomic E-state index is 11.9. The van der Waals surface area contributed by atoms with Crippen molar-refractivity contribution in [1.29, 1.82) is 0 Å². The van der Waals surface area contributed by atoms with E-state index in [1.54, 1.807) is 0 Å². The van der Waals surface area contributed by atoms with E-state index in [-0.39, 0.29) is 0 Å². The van der Waals surface area contributed by atoms with Gasteiger partial charge in [-0.2, -0.15) is 0 Å². The van der Waals surface area contributed by atoms with Crippen molar-refractivity contribution in [2.24, 2.45) is 5.92 Å². The minimum Gasteiger partial charge on any atom is -0.207 e. The van der Waals surface area contributed by atoms with E-state index in [0.29, 0.717) is 5.92 Å². The summed E-state index contributed by atoms with van der Waals surface area (Å²) in [5.41, 5.74) is 0. The summed E-state index contributed by atoms with van der Waals surface area (Å²) in [6.45, 7) is 7.75. The summed E-state index contributed by atoms with van der Waals surface area (Å²) >= 11 is 0. The van der Waals surface area contributed by atoms with Crippen molar-refractivity contribution in [3.63, 3.8) is 0 Å². The molecule has 66 valence electrons. The first-order chi connectivity index (χ1) is 5.52. The molecule has 0 heterocycles. The molecule has 0 amide bonds. The van der Waals surface area contributed by atoms with Gasteiger partial charge in [0, 0.05) is 6.07 Å². The van der Waals surface area contributed by atoms with Crippen LogP contribution in [-0.2, 0) is 0 Å². The second kappa shape index (κ2) is 5.70. The maximum atomic E-state index is 11.9. The second-order valence-electron chi connectivity index (χ2n) is 2.75. The molecule has 2 radical (unpaired) electrons. The van der Waals surface area contributed by atoms with Gasteiger partial charge < -0.3 is 0 Å². The van der Waals surface area contributed by atoms with Crippen molar-refractivity contribution in [2.75, 3.05) is 0 Å². The van der Waals surface area contributed by atoms with Crippen molar-refractivity contribution >= 4 is 0 Å². The van der Waals surface area contributed by atoms with Crippen LogP contribution in [0.25, 0.3) is 0 Å². The quantitative estimate of drug-likeness (QED) is 0.560. The van der Waals surface area contributed by atoms with E-state index in [1.807, 2.05) is 0 Å². The zero-order chi connectivity index (χ0) is 9.56.